The van der Waals surface area contributed by atoms with Gasteiger partial charge >= 0.3 is 47.8 Å². The third-order valence-electron chi connectivity index (χ3n) is 23.8. The molecule has 0 aromatic heterocycles. The first-order valence-electron chi connectivity index (χ1n) is 48.2. The molecule has 0 unspecified atom stereocenters. The van der Waals surface area contributed by atoms with Gasteiger partial charge in [-0.1, -0.05) is 199 Å². The summed E-state index contributed by atoms with van der Waals surface area (Å²) in [5.41, 5.74) is 4.29. The minimum Gasteiger partial charge on any atom is -0.494 e. The highest BCUT2D eigenvalue weighted by Crippen LogP contribution is 2.40. The van der Waals surface area contributed by atoms with Crippen LogP contribution in [0.3, 0.4) is 0 Å². The van der Waals surface area contributed by atoms with Crippen LogP contribution in [-0.2, 0) is 52.4 Å². The van der Waals surface area contributed by atoms with Gasteiger partial charge in [0.2, 0.25) is 0 Å². The van der Waals surface area contributed by atoms with Crippen molar-refractivity contribution in [3.05, 3.63) is 155 Å². The second-order valence-electron chi connectivity index (χ2n) is 34.3. The molecule has 0 radical (unpaired) electrons. The monoisotopic (exact) mass is 1730 g/mol. The van der Waals surface area contributed by atoms with Crippen molar-refractivity contribution in [3.63, 3.8) is 0 Å². The smallest absolute Gasteiger partial charge is 0.343 e. The van der Waals surface area contributed by atoms with E-state index in [4.69, 9.17) is 56.8 Å². The second kappa shape index (κ2) is 64.5. The van der Waals surface area contributed by atoms with Crippen LogP contribution in [-0.4, -0.2) is 114 Å². The summed E-state index contributed by atoms with van der Waals surface area (Å²) in [5, 5.41) is 0. The minimum atomic E-state index is -0.494. The van der Waals surface area contributed by atoms with Crippen LogP contribution in [0.25, 0.3) is 0 Å². The Balaban J connectivity index is 0.629. The predicted molar refractivity (Wildman–Crippen MR) is 489 cm³/mol. The number of hydrogen-bond acceptors (Lipinski definition) is 20. The van der Waals surface area contributed by atoms with Gasteiger partial charge in [-0.15, -0.1) is 0 Å². The lowest BCUT2D eigenvalue weighted by molar-refractivity contribution is -0.150. The van der Waals surface area contributed by atoms with Crippen LogP contribution >= 0.6 is 0 Å². The van der Waals surface area contributed by atoms with Crippen LogP contribution in [0.1, 0.15) is 383 Å². The Bertz CT molecular complexity index is 3820. The highest BCUT2D eigenvalue weighted by molar-refractivity contribution is 5.93. The van der Waals surface area contributed by atoms with Crippen molar-refractivity contribution in [1.82, 2.24) is 0 Å². The van der Waals surface area contributed by atoms with Crippen molar-refractivity contribution in [1.29, 1.82) is 0 Å². The molecule has 2 aliphatic carbocycles. The number of carbonyl (C=O) groups excluding carboxylic acids is 8. The Morgan fingerprint density at radius 1 is 0.288 bits per heavy atom. The molecule has 690 valence electrons. The fraction of sp³-hybridized carbons (Fsp3) is 0.619. The van der Waals surface area contributed by atoms with Crippen molar-refractivity contribution in [2.24, 2.45) is 11.8 Å². The molecule has 125 heavy (non-hydrogen) atoms. The normalized spacial score (nSPS) is 14.9. The molecule has 5 aromatic carbocycles. The Morgan fingerprint density at radius 3 is 0.912 bits per heavy atom. The van der Waals surface area contributed by atoms with Gasteiger partial charge in [0.1, 0.15) is 40.1 Å². The molecule has 0 amide bonds. The molecule has 7 rings (SSSR count). The number of unbranched alkanes of at least 4 members (excludes halogenated alkanes) is 27. The van der Waals surface area contributed by atoms with Gasteiger partial charge in [-0.3, -0.25) is 19.2 Å². The summed E-state index contributed by atoms with van der Waals surface area (Å²) in [6, 6.07) is 35.5. The highest BCUT2D eigenvalue weighted by atomic mass is 16.6. The van der Waals surface area contributed by atoms with Crippen LogP contribution in [0, 0.1) is 11.8 Å². The maximum absolute atomic E-state index is 13.5. The van der Waals surface area contributed by atoms with E-state index in [1.54, 1.807) is 73.7 Å². The zero-order chi connectivity index (χ0) is 88.8. The molecular weight excluding hydrogens is 1580 g/mol. The van der Waals surface area contributed by atoms with Gasteiger partial charge in [-0.05, 0) is 261 Å². The zero-order valence-electron chi connectivity index (χ0n) is 76.2. The van der Waals surface area contributed by atoms with Gasteiger partial charge in [-0.25, -0.2) is 19.2 Å². The number of hydrogen-bond donors (Lipinski definition) is 0. The van der Waals surface area contributed by atoms with Gasteiger partial charge in [0.05, 0.1) is 103 Å². The molecule has 0 bridgehead atoms. The van der Waals surface area contributed by atoms with E-state index in [2.05, 4.69) is 44.7 Å². The van der Waals surface area contributed by atoms with Gasteiger partial charge < -0.3 is 56.8 Å². The number of carbonyl (C=O) groups is 8. The molecular formula is C105H150O20. The topological polar surface area (TPSA) is 247 Å². The summed E-state index contributed by atoms with van der Waals surface area (Å²) in [4.78, 5) is 100. The van der Waals surface area contributed by atoms with Crippen molar-refractivity contribution in [3.8, 4) is 34.5 Å². The molecule has 2 aliphatic rings. The maximum Gasteiger partial charge on any atom is 0.343 e. The van der Waals surface area contributed by atoms with Gasteiger partial charge in [0.25, 0.3) is 0 Å². The molecule has 0 atom stereocenters. The summed E-state index contributed by atoms with van der Waals surface area (Å²) >= 11 is 0. The van der Waals surface area contributed by atoms with E-state index in [1.165, 1.54) is 114 Å². The van der Waals surface area contributed by atoms with Crippen LogP contribution in [0.5, 0.6) is 34.5 Å². The number of rotatable bonds is 69. The van der Waals surface area contributed by atoms with Crippen LogP contribution in [0.15, 0.2) is 127 Å². The molecule has 5 aromatic rings. The minimum absolute atomic E-state index is 0.00444. The Hall–Kier alpha value is -9.20. The molecule has 2 fully saturated rings. The standard InChI is InChI=1S/C105H150O20/c1-5-7-27-39-83-41-45-85(46-42-83)87-49-61-93(62-50-87)124-103(111)89-53-57-91(58-54-89)114-71-29-17-9-13-21-33-75-118-98(106)67-68-100(108)120-77-35-23-15-11-19-31-73-116-95-65-66-97(96(81-95)105(113)123-80-38-26-25-37-79-122-102(110)82(3)4)117-74-32-20-12-16-24-36-78-121-101(109)70-69-99(107)119-76-34-22-14-10-18-30-72-115-92-59-55-90(56-60-92)104(112)125-94-63-51-88(52-64-94)86-47-43-84(44-48-86)40-28-8-6-2/h49-66,81,83-86H,3,5-48,67-80H2,1-2,4H3. The summed E-state index contributed by atoms with van der Waals surface area (Å²) < 4.78 is 67.9. The number of ether oxygens (including phenoxy) is 12. The SMILES string of the molecule is C=C(C)C(=O)OCCCCCCOC(=O)c1cc(OCCCCCCCCOC(=O)CCC(=O)OCCCCCCCCOc2ccc(C(=O)Oc3ccc(C4CCC(CCCCC)CC4)cc3)cc2)ccc1OCCCCCCCCOC(=O)CCC(=O)OCCCCCCCCOc1ccc(C(=O)Oc2ccc(C3CCC(CCCCC)CC3)cc2)cc1. The second-order valence-corrected chi connectivity index (χ2v) is 34.3. The van der Waals surface area contributed by atoms with Crippen molar-refractivity contribution in [2.75, 3.05) is 66.1 Å². The number of esters is 8. The van der Waals surface area contributed by atoms with Crippen molar-refractivity contribution in [2.45, 2.75) is 341 Å². The summed E-state index contributed by atoms with van der Waals surface area (Å²) in [5.74, 6) is 3.15. The molecule has 2 saturated carbocycles. The summed E-state index contributed by atoms with van der Waals surface area (Å²) in [6.07, 6.45) is 45.7. The molecule has 0 spiro atoms. The van der Waals surface area contributed by atoms with E-state index < -0.39 is 35.8 Å². The van der Waals surface area contributed by atoms with E-state index in [0.717, 1.165) is 179 Å². The molecule has 0 saturated heterocycles. The molecule has 0 aliphatic heterocycles. The number of benzene rings is 5. The quantitative estimate of drug-likeness (QED) is 0.0115. The molecule has 0 heterocycles. The van der Waals surface area contributed by atoms with Crippen molar-refractivity contribution >= 4 is 47.8 Å². The Morgan fingerprint density at radius 2 is 0.576 bits per heavy atom. The third kappa shape index (κ3) is 45.7. The van der Waals surface area contributed by atoms with E-state index in [1.807, 2.05) is 24.3 Å². The lowest BCUT2D eigenvalue weighted by Crippen LogP contribution is -2.13. The van der Waals surface area contributed by atoms with E-state index >= 15 is 0 Å². The average Bonchev–Trinajstić information content (AvgIpc) is 0.840. The molecule has 20 nitrogen and oxygen atoms in total. The van der Waals surface area contributed by atoms with Gasteiger partial charge in [0, 0.05) is 5.57 Å². The average molecular weight is 1730 g/mol. The Kier molecular flexibility index (Phi) is 53.1. The van der Waals surface area contributed by atoms with E-state index in [0.29, 0.717) is 141 Å². The fourth-order valence-corrected chi connectivity index (χ4v) is 16.1. The third-order valence-corrected chi connectivity index (χ3v) is 23.8. The first-order valence-corrected chi connectivity index (χ1v) is 48.2. The lowest BCUT2D eigenvalue weighted by Gasteiger charge is -2.29. The van der Waals surface area contributed by atoms with Crippen molar-refractivity contribution < 1.29 is 95.2 Å². The maximum atomic E-state index is 13.5. The molecule has 0 N–H and O–H groups in total. The van der Waals surface area contributed by atoms with E-state index in [9.17, 15) is 38.4 Å². The summed E-state index contributed by atoms with van der Waals surface area (Å²) in [6.45, 7) is 13.6. The summed E-state index contributed by atoms with van der Waals surface area (Å²) in [7, 11) is 0. The van der Waals surface area contributed by atoms with Gasteiger partial charge in [0.15, 0.2) is 0 Å². The van der Waals surface area contributed by atoms with Crippen LogP contribution in [0.4, 0.5) is 0 Å². The van der Waals surface area contributed by atoms with Gasteiger partial charge in [-0.2, -0.15) is 0 Å². The lowest BCUT2D eigenvalue weighted by atomic mass is 9.77. The Labute approximate surface area is 747 Å². The van der Waals surface area contributed by atoms with Crippen LogP contribution < -0.4 is 28.4 Å². The largest absolute Gasteiger partial charge is 0.494 e. The predicted octanol–water partition coefficient (Wildman–Crippen LogP) is 25.7. The first-order chi connectivity index (χ1) is 61.1. The highest BCUT2D eigenvalue weighted by Gasteiger charge is 2.26. The first kappa shape index (κ1) is 103. The molecule has 20 heteroatoms. The van der Waals surface area contributed by atoms with E-state index in [-0.39, 0.29) is 44.2 Å². The van der Waals surface area contributed by atoms with Crippen LogP contribution in [0.2, 0.25) is 0 Å². The fourth-order valence-electron chi connectivity index (χ4n) is 16.1. The zero-order valence-corrected chi connectivity index (χ0v) is 76.2.